The number of amides is 1. The van der Waals surface area contributed by atoms with E-state index in [2.05, 4.69) is 25.8 Å². The Labute approximate surface area is 90.8 Å². The van der Waals surface area contributed by atoms with E-state index in [1.54, 1.807) is 17.1 Å². The van der Waals surface area contributed by atoms with Gasteiger partial charge in [-0.15, -0.1) is 0 Å². The van der Waals surface area contributed by atoms with Gasteiger partial charge in [0, 0.05) is 12.7 Å². The number of anilines is 1. The molecule has 2 aromatic heterocycles. The summed E-state index contributed by atoms with van der Waals surface area (Å²) >= 11 is 0. The third-order valence-corrected chi connectivity index (χ3v) is 1.93. The SMILES string of the molecule is Nc1cnn(CCNC(=O)c2cn[nH]n2)c1. The van der Waals surface area contributed by atoms with Gasteiger partial charge in [-0.05, 0) is 0 Å². The van der Waals surface area contributed by atoms with Crippen LogP contribution in [0.2, 0.25) is 0 Å². The first-order chi connectivity index (χ1) is 7.75. The smallest absolute Gasteiger partial charge is 0.273 e. The summed E-state index contributed by atoms with van der Waals surface area (Å²) < 4.78 is 1.65. The highest BCUT2D eigenvalue weighted by Crippen LogP contribution is 1.96. The predicted octanol–water partition coefficient (Wildman–Crippen LogP) is -0.987. The van der Waals surface area contributed by atoms with Crippen LogP contribution in [0.3, 0.4) is 0 Å². The summed E-state index contributed by atoms with van der Waals surface area (Å²) in [6.45, 7) is 1.01. The predicted molar refractivity (Wildman–Crippen MR) is 55.4 cm³/mol. The van der Waals surface area contributed by atoms with Gasteiger partial charge in [0.15, 0.2) is 5.69 Å². The van der Waals surface area contributed by atoms with Crippen LogP contribution in [0.25, 0.3) is 0 Å². The van der Waals surface area contributed by atoms with Gasteiger partial charge in [-0.2, -0.15) is 20.5 Å². The van der Waals surface area contributed by atoms with E-state index in [0.717, 1.165) is 0 Å². The van der Waals surface area contributed by atoms with E-state index in [1.807, 2.05) is 0 Å². The normalized spacial score (nSPS) is 10.2. The maximum atomic E-state index is 11.4. The summed E-state index contributed by atoms with van der Waals surface area (Å²) in [5.74, 6) is -0.270. The number of nitrogen functional groups attached to an aromatic ring is 1. The zero-order chi connectivity index (χ0) is 11.4. The number of hydrogen-bond donors (Lipinski definition) is 3. The minimum absolute atomic E-state index is 0.264. The van der Waals surface area contributed by atoms with E-state index in [9.17, 15) is 4.79 Å². The van der Waals surface area contributed by atoms with Crippen molar-refractivity contribution in [3.05, 3.63) is 24.3 Å². The summed E-state index contributed by atoms with van der Waals surface area (Å²) in [5.41, 5.74) is 6.36. The molecular formula is C8H11N7O. The molecule has 8 heteroatoms. The van der Waals surface area contributed by atoms with E-state index >= 15 is 0 Å². The summed E-state index contributed by atoms with van der Waals surface area (Å²) in [6, 6.07) is 0. The number of rotatable bonds is 4. The van der Waals surface area contributed by atoms with E-state index in [4.69, 9.17) is 5.73 Å². The van der Waals surface area contributed by atoms with Crippen LogP contribution in [0.15, 0.2) is 18.6 Å². The quantitative estimate of drug-likeness (QED) is 0.613. The Balaban J connectivity index is 1.78. The number of nitrogens with one attached hydrogen (secondary N) is 2. The van der Waals surface area contributed by atoms with Crippen molar-refractivity contribution in [1.29, 1.82) is 0 Å². The number of nitrogens with two attached hydrogens (primary N) is 1. The molecule has 0 unspecified atom stereocenters. The number of nitrogens with zero attached hydrogens (tertiary/aromatic N) is 4. The molecule has 0 aliphatic rings. The highest BCUT2D eigenvalue weighted by atomic mass is 16.1. The minimum atomic E-state index is -0.270. The second-order valence-electron chi connectivity index (χ2n) is 3.15. The molecule has 2 rings (SSSR count). The highest BCUT2D eigenvalue weighted by molar-refractivity contribution is 5.91. The summed E-state index contributed by atoms with van der Waals surface area (Å²) in [5, 5.41) is 16.2. The average molecular weight is 221 g/mol. The largest absolute Gasteiger partial charge is 0.396 e. The van der Waals surface area contributed by atoms with E-state index in [-0.39, 0.29) is 11.6 Å². The van der Waals surface area contributed by atoms with Crippen molar-refractivity contribution >= 4 is 11.6 Å². The Morgan fingerprint density at radius 2 is 2.44 bits per heavy atom. The molecule has 2 aromatic rings. The molecule has 8 nitrogen and oxygen atoms in total. The lowest BCUT2D eigenvalue weighted by Crippen LogP contribution is -2.27. The lowest BCUT2D eigenvalue weighted by atomic mass is 10.4. The van der Waals surface area contributed by atoms with Crippen molar-refractivity contribution in [1.82, 2.24) is 30.5 Å². The maximum absolute atomic E-state index is 11.4. The van der Waals surface area contributed by atoms with Crippen molar-refractivity contribution in [3.63, 3.8) is 0 Å². The molecule has 0 atom stereocenters. The van der Waals surface area contributed by atoms with Gasteiger partial charge in [-0.1, -0.05) is 0 Å². The monoisotopic (exact) mass is 221 g/mol. The number of hydrogen-bond acceptors (Lipinski definition) is 5. The molecular weight excluding hydrogens is 210 g/mol. The Morgan fingerprint density at radius 3 is 3.06 bits per heavy atom. The fraction of sp³-hybridized carbons (Fsp3) is 0.250. The third-order valence-electron chi connectivity index (χ3n) is 1.93. The van der Waals surface area contributed by atoms with Gasteiger partial charge in [-0.3, -0.25) is 9.48 Å². The van der Waals surface area contributed by atoms with Crippen LogP contribution in [-0.4, -0.2) is 37.6 Å². The van der Waals surface area contributed by atoms with Crippen LogP contribution in [-0.2, 0) is 6.54 Å². The van der Waals surface area contributed by atoms with Gasteiger partial charge in [0.1, 0.15) is 0 Å². The highest BCUT2D eigenvalue weighted by Gasteiger charge is 2.06. The van der Waals surface area contributed by atoms with Crippen LogP contribution in [0.1, 0.15) is 10.5 Å². The molecule has 16 heavy (non-hydrogen) atoms. The molecule has 0 aliphatic carbocycles. The van der Waals surface area contributed by atoms with Crippen LogP contribution in [0.5, 0.6) is 0 Å². The lowest BCUT2D eigenvalue weighted by Gasteiger charge is -2.02. The van der Waals surface area contributed by atoms with Crippen molar-refractivity contribution in [2.24, 2.45) is 0 Å². The average Bonchev–Trinajstić information content (AvgIpc) is 2.89. The number of H-pyrrole nitrogens is 1. The molecule has 0 radical (unpaired) electrons. The molecule has 1 amide bonds. The first-order valence-electron chi connectivity index (χ1n) is 4.67. The molecule has 0 saturated carbocycles. The molecule has 2 heterocycles. The number of carbonyl (C=O) groups is 1. The molecule has 84 valence electrons. The zero-order valence-electron chi connectivity index (χ0n) is 8.42. The molecule has 0 bridgehead atoms. The number of carbonyl (C=O) groups excluding carboxylic acids is 1. The van der Waals surface area contributed by atoms with Crippen molar-refractivity contribution in [2.75, 3.05) is 12.3 Å². The van der Waals surface area contributed by atoms with E-state index in [0.29, 0.717) is 18.8 Å². The molecule has 0 aromatic carbocycles. The van der Waals surface area contributed by atoms with Gasteiger partial charge in [0.2, 0.25) is 0 Å². The van der Waals surface area contributed by atoms with Gasteiger partial charge in [0.25, 0.3) is 5.91 Å². The number of aromatic nitrogens is 5. The lowest BCUT2D eigenvalue weighted by molar-refractivity contribution is 0.0947. The third kappa shape index (κ3) is 2.35. The molecule has 0 fully saturated rings. The topological polar surface area (TPSA) is 115 Å². The van der Waals surface area contributed by atoms with Crippen molar-refractivity contribution in [2.45, 2.75) is 6.54 Å². The zero-order valence-corrected chi connectivity index (χ0v) is 8.42. The van der Waals surface area contributed by atoms with Gasteiger partial charge in [-0.25, -0.2) is 0 Å². The van der Waals surface area contributed by atoms with E-state index in [1.165, 1.54) is 6.20 Å². The van der Waals surface area contributed by atoms with Crippen LogP contribution in [0, 0.1) is 0 Å². The van der Waals surface area contributed by atoms with Gasteiger partial charge >= 0.3 is 0 Å². The second kappa shape index (κ2) is 4.43. The fourth-order valence-electron chi connectivity index (χ4n) is 1.19. The number of aromatic amines is 1. The molecule has 0 aliphatic heterocycles. The van der Waals surface area contributed by atoms with Crippen LogP contribution >= 0.6 is 0 Å². The summed E-state index contributed by atoms with van der Waals surface area (Å²) in [6.07, 6.45) is 4.61. The standard InChI is InChI=1S/C8H11N7O/c9-6-3-12-15(5-6)2-1-10-8(16)7-4-11-14-13-7/h3-5H,1-2,9H2,(H,10,16)(H,11,13,14). The van der Waals surface area contributed by atoms with Crippen molar-refractivity contribution < 1.29 is 4.79 Å². The maximum Gasteiger partial charge on any atom is 0.273 e. The Hall–Kier alpha value is -2.38. The molecule has 4 N–H and O–H groups in total. The van der Waals surface area contributed by atoms with Crippen LogP contribution in [0.4, 0.5) is 5.69 Å². The van der Waals surface area contributed by atoms with E-state index < -0.39 is 0 Å². The van der Waals surface area contributed by atoms with Crippen molar-refractivity contribution in [3.8, 4) is 0 Å². The molecule has 0 spiro atoms. The first-order valence-corrected chi connectivity index (χ1v) is 4.67. The minimum Gasteiger partial charge on any atom is -0.396 e. The Morgan fingerprint density at radius 1 is 1.56 bits per heavy atom. The Bertz CT molecular complexity index is 460. The van der Waals surface area contributed by atoms with Crippen LogP contribution < -0.4 is 11.1 Å². The fourth-order valence-corrected chi connectivity index (χ4v) is 1.19. The Kier molecular flexibility index (Phi) is 2.81. The second-order valence-corrected chi connectivity index (χ2v) is 3.15. The van der Waals surface area contributed by atoms with Gasteiger partial charge in [0.05, 0.1) is 24.6 Å². The summed E-state index contributed by atoms with van der Waals surface area (Å²) in [7, 11) is 0. The molecule has 0 saturated heterocycles. The first kappa shape index (κ1) is 10.1. The summed E-state index contributed by atoms with van der Waals surface area (Å²) in [4.78, 5) is 11.4. The van der Waals surface area contributed by atoms with Gasteiger partial charge < -0.3 is 11.1 Å².